The van der Waals surface area contributed by atoms with Crippen LogP contribution in [0.15, 0.2) is 52.9 Å². The fourth-order valence-corrected chi connectivity index (χ4v) is 2.97. The fraction of sp³-hybridized carbons (Fsp3) is 0.111. The first-order valence-electron chi connectivity index (χ1n) is 7.19. The Morgan fingerprint density at radius 1 is 1.13 bits per heavy atom. The van der Waals surface area contributed by atoms with Crippen molar-refractivity contribution in [2.45, 2.75) is 6.54 Å². The first-order valence-corrected chi connectivity index (χ1v) is 7.19. The number of benzene rings is 2. The summed E-state index contributed by atoms with van der Waals surface area (Å²) >= 11 is 0. The van der Waals surface area contributed by atoms with Gasteiger partial charge < -0.3 is 14.1 Å². The summed E-state index contributed by atoms with van der Waals surface area (Å²) in [5.41, 5.74) is 1.55. The molecule has 0 saturated carbocycles. The Labute approximate surface area is 132 Å². The van der Waals surface area contributed by atoms with Crippen LogP contribution in [-0.4, -0.2) is 19.0 Å². The van der Waals surface area contributed by atoms with Crippen LogP contribution in [0, 0.1) is 0 Å². The lowest BCUT2D eigenvalue weighted by molar-refractivity contribution is 0.0563. The van der Waals surface area contributed by atoms with Gasteiger partial charge in [-0.25, -0.2) is 4.79 Å². The number of rotatable bonds is 3. The summed E-state index contributed by atoms with van der Waals surface area (Å²) in [6.45, 7) is 0.267. The highest BCUT2D eigenvalue weighted by molar-refractivity contribution is 6.24. The van der Waals surface area contributed by atoms with Gasteiger partial charge in [-0.15, -0.1) is 0 Å². The lowest BCUT2D eigenvalue weighted by atomic mass is 10.1. The molecular formula is C18H13NO4. The fourth-order valence-electron chi connectivity index (χ4n) is 2.97. The monoisotopic (exact) mass is 307 g/mol. The highest BCUT2D eigenvalue weighted by Gasteiger charge is 2.30. The van der Waals surface area contributed by atoms with Crippen LogP contribution in [0.1, 0.15) is 26.7 Å². The van der Waals surface area contributed by atoms with E-state index >= 15 is 0 Å². The minimum Gasteiger partial charge on any atom is -0.463 e. The van der Waals surface area contributed by atoms with E-state index in [1.807, 2.05) is 36.4 Å². The minimum atomic E-state index is -0.533. The van der Waals surface area contributed by atoms with Crippen molar-refractivity contribution in [1.29, 1.82) is 0 Å². The van der Waals surface area contributed by atoms with Crippen LogP contribution in [0.25, 0.3) is 10.8 Å². The van der Waals surface area contributed by atoms with Crippen molar-refractivity contribution in [2.75, 3.05) is 12.0 Å². The van der Waals surface area contributed by atoms with Gasteiger partial charge in [0.15, 0.2) is 0 Å². The van der Waals surface area contributed by atoms with Crippen molar-refractivity contribution in [3.63, 3.8) is 0 Å². The third-order valence-corrected chi connectivity index (χ3v) is 4.01. The van der Waals surface area contributed by atoms with Crippen molar-refractivity contribution < 1.29 is 18.7 Å². The molecule has 0 spiro atoms. The molecular weight excluding hydrogens is 294 g/mol. The van der Waals surface area contributed by atoms with Gasteiger partial charge in [-0.1, -0.05) is 24.3 Å². The highest BCUT2D eigenvalue weighted by atomic mass is 16.5. The molecule has 0 bridgehead atoms. The maximum Gasteiger partial charge on any atom is 0.373 e. The lowest BCUT2D eigenvalue weighted by Gasteiger charge is -2.16. The van der Waals surface area contributed by atoms with Crippen LogP contribution in [0.2, 0.25) is 0 Å². The molecule has 1 aliphatic heterocycles. The van der Waals surface area contributed by atoms with E-state index in [1.165, 1.54) is 7.11 Å². The minimum absolute atomic E-state index is 0.0622. The van der Waals surface area contributed by atoms with Gasteiger partial charge in [-0.2, -0.15) is 0 Å². The molecule has 5 heteroatoms. The Kier molecular flexibility index (Phi) is 2.94. The second-order valence-electron chi connectivity index (χ2n) is 5.33. The number of ether oxygens (including phenoxy) is 1. The third-order valence-electron chi connectivity index (χ3n) is 4.01. The predicted octanol–water partition coefficient (Wildman–Crippen LogP) is 3.38. The zero-order valence-corrected chi connectivity index (χ0v) is 12.4. The summed E-state index contributed by atoms with van der Waals surface area (Å²) in [5, 5.41) is 1.99. The Morgan fingerprint density at radius 2 is 1.91 bits per heavy atom. The molecule has 114 valence electrons. The van der Waals surface area contributed by atoms with Gasteiger partial charge in [0, 0.05) is 10.9 Å². The molecule has 1 aliphatic rings. The molecule has 0 radical (unpaired) electrons. The number of methoxy groups -OCH3 is 1. The Bertz CT molecular complexity index is 936. The molecule has 23 heavy (non-hydrogen) atoms. The van der Waals surface area contributed by atoms with Gasteiger partial charge >= 0.3 is 5.97 Å². The summed E-state index contributed by atoms with van der Waals surface area (Å²) in [5.74, 6) is 0.0654. The molecule has 1 amide bonds. The van der Waals surface area contributed by atoms with Crippen LogP contribution >= 0.6 is 0 Å². The SMILES string of the molecule is COC(=O)c1ccc(CN2C(=O)c3cccc4cccc2c34)o1. The van der Waals surface area contributed by atoms with Gasteiger partial charge in [-0.05, 0) is 29.7 Å². The average molecular weight is 307 g/mol. The molecule has 0 fully saturated rings. The number of hydrogen-bond donors (Lipinski definition) is 0. The van der Waals surface area contributed by atoms with E-state index in [0.717, 1.165) is 16.5 Å². The number of carbonyl (C=O) groups is 2. The van der Waals surface area contributed by atoms with E-state index in [2.05, 4.69) is 4.74 Å². The van der Waals surface area contributed by atoms with Crippen molar-refractivity contribution >= 4 is 28.3 Å². The van der Waals surface area contributed by atoms with E-state index in [9.17, 15) is 9.59 Å². The maximum atomic E-state index is 12.7. The summed E-state index contributed by atoms with van der Waals surface area (Å²) < 4.78 is 10.1. The topological polar surface area (TPSA) is 59.8 Å². The number of hydrogen-bond acceptors (Lipinski definition) is 4. The average Bonchev–Trinajstić information content (AvgIpc) is 3.15. The summed E-state index contributed by atoms with van der Waals surface area (Å²) in [7, 11) is 1.30. The lowest BCUT2D eigenvalue weighted by Crippen LogP contribution is -2.25. The van der Waals surface area contributed by atoms with E-state index in [-0.39, 0.29) is 18.2 Å². The second kappa shape index (κ2) is 4.98. The Hall–Kier alpha value is -3.08. The highest BCUT2D eigenvalue weighted by Crippen LogP contribution is 2.38. The smallest absolute Gasteiger partial charge is 0.373 e. The molecule has 0 unspecified atom stereocenters. The first kappa shape index (κ1) is 13.6. The summed E-state index contributed by atoms with van der Waals surface area (Å²) in [6.07, 6.45) is 0. The normalized spacial score (nSPS) is 12.9. The molecule has 4 rings (SSSR count). The van der Waals surface area contributed by atoms with Crippen LogP contribution < -0.4 is 4.90 Å². The maximum absolute atomic E-state index is 12.7. The van der Waals surface area contributed by atoms with E-state index < -0.39 is 5.97 Å². The van der Waals surface area contributed by atoms with Crippen LogP contribution in [-0.2, 0) is 11.3 Å². The number of esters is 1. The van der Waals surface area contributed by atoms with Crippen molar-refractivity contribution in [2.24, 2.45) is 0 Å². The molecule has 0 N–H and O–H groups in total. The van der Waals surface area contributed by atoms with Crippen LogP contribution in [0.3, 0.4) is 0 Å². The quantitative estimate of drug-likeness (QED) is 0.696. The van der Waals surface area contributed by atoms with E-state index in [0.29, 0.717) is 11.3 Å². The Morgan fingerprint density at radius 3 is 2.70 bits per heavy atom. The van der Waals surface area contributed by atoms with Gasteiger partial charge in [0.05, 0.1) is 19.3 Å². The first-order chi connectivity index (χ1) is 11.2. The molecule has 5 nitrogen and oxygen atoms in total. The summed E-state index contributed by atoms with van der Waals surface area (Å²) in [4.78, 5) is 25.8. The molecule has 1 aromatic heterocycles. The molecule has 2 heterocycles. The number of nitrogens with zero attached hydrogens (tertiary/aromatic N) is 1. The van der Waals surface area contributed by atoms with Crippen LogP contribution in [0.5, 0.6) is 0 Å². The second-order valence-corrected chi connectivity index (χ2v) is 5.33. The standard InChI is InChI=1S/C18H13NO4/c1-22-18(21)15-9-8-12(23-15)10-19-14-7-3-5-11-4-2-6-13(16(11)14)17(19)20/h2-9H,10H2,1H3. The third kappa shape index (κ3) is 2.01. The largest absolute Gasteiger partial charge is 0.463 e. The molecule has 0 atom stereocenters. The van der Waals surface area contributed by atoms with Crippen molar-refractivity contribution in [1.82, 2.24) is 0 Å². The van der Waals surface area contributed by atoms with Gasteiger partial charge in [0.2, 0.25) is 5.76 Å². The van der Waals surface area contributed by atoms with E-state index in [4.69, 9.17) is 4.42 Å². The van der Waals surface area contributed by atoms with Crippen LogP contribution in [0.4, 0.5) is 5.69 Å². The van der Waals surface area contributed by atoms with E-state index in [1.54, 1.807) is 17.0 Å². The molecule has 2 aromatic carbocycles. The zero-order chi connectivity index (χ0) is 16.0. The zero-order valence-electron chi connectivity index (χ0n) is 12.4. The van der Waals surface area contributed by atoms with Crippen molar-refractivity contribution in [3.8, 4) is 0 Å². The van der Waals surface area contributed by atoms with Gasteiger partial charge in [-0.3, -0.25) is 4.79 Å². The molecule has 0 aliphatic carbocycles. The number of furan rings is 1. The summed E-state index contributed by atoms with van der Waals surface area (Å²) in [6, 6.07) is 14.8. The van der Waals surface area contributed by atoms with Gasteiger partial charge in [0.1, 0.15) is 5.76 Å². The Balaban J connectivity index is 1.72. The van der Waals surface area contributed by atoms with Gasteiger partial charge in [0.25, 0.3) is 5.91 Å². The number of carbonyl (C=O) groups excluding carboxylic acids is 2. The van der Waals surface area contributed by atoms with Crippen molar-refractivity contribution in [3.05, 3.63) is 65.6 Å². The molecule has 3 aromatic rings. The number of anilines is 1. The number of amides is 1. The molecule has 0 saturated heterocycles. The predicted molar refractivity (Wildman–Crippen MR) is 84.5 cm³/mol.